The molecule has 1 aromatic heterocycles. The molecule has 1 aromatic carbocycles. The Morgan fingerprint density at radius 3 is 2.84 bits per heavy atom. The summed E-state index contributed by atoms with van der Waals surface area (Å²) in [6.45, 7) is 1.50. The molecule has 1 N–H and O–H groups in total. The summed E-state index contributed by atoms with van der Waals surface area (Å²) in [5.74, 6) is 1.17. The van der Waals surface area contributed by atoms with Crippen LogP contribution in [0.15, 0.2) is 28.7 Å². The van der Waals surface area contributed by atoms with Gasteiger partial charge in [0.15, 0.2) is 11.5 Å². The molecule has 2 aromatic rings. The van der Waals surface area contributed by atoms with Gasteiger partial charge in [-0.3, -0.25) is 4.79 Å². The minimum atomic E-state index is -0.0606. The van der Waals surface area contributed by atoms with Crippen LogP contribution in [0.4, 0.5) is 0 Å². The van der Waals surface area contributed by atoms with Gasteiger partial charge in [-0.2, -0.15) is 0 Å². The first-order valence-corrected chi connectivity index (χ1v) is 6.54. The maximum Gasteiger partial charge on any atom is 0.194 e. The van der Waals surface area contributed by atoms with E-state index >= 15 is 0 Å². The molecular formula is C15H17NO3. The Morgan fingerprint density at radius 2 is 2.16 bits per heavy atom. The second-order valence-electron chi connectivity index (χ2n) is 5.06. The Kier molecular flexibility index (Phi) is 3.03. The van der Waals surface area contributed by atoms with Crippen LogP contribution in [0.25, 0.3) is 11.0 Å². The van der Waals surface area contributed by atoms with Crippen LogP contribution in [0.1, 0.15) is 30.3 Å². The van der Waals surface area contributed by atoms with E-state index in [2.05, 4.69) is 5.32 Å². The van der Waals surface area contributed by atoms with Gasteiger partial charge in [0.05, 0.1) is 0 Å². The number of ketones is 1. The summed E-state index contributed by atoms with van der Waals surface area (Å²) in [5.41, 5.74) is 0.722. The van der Waals surface area contributed by atoms with Crippen molar-refractivity contribution < 1.29 is 13.9 Å². The lowest BCUT2D eigenvalue weighted by Gasteiger charge is -2.35. The molecule has 0 saturated heterocycles. The van der Waals surface area contributed by atoms with Crippen LogP contribution in [0, 0.1) is 0 Å². The topological polar surface area (TPSA) is 51.5 Å². The van der Waals surface area contributed by atoms with Crippen LogP contribution >= 0.6 is 0 Å². The molecular weight excluding hydrogens is 242 g/mol. The molecule has 1 aliphatic carbocycles. The van der Waals surface area contributed by atoms with E-state index in [4.69, 9.17) is 9.15 Å². The fourth-order valence-corrected chi connectivity index (χ4v) is 2.36. The summed E-state index contributed by atoms with van der Waals surface area (Å²) >= 11 is 0. The van der Waals surface area contributed by atoms with Gasteiger partial charge in [0.25, 0.3) is 0 Å². The van der Waals surface area contributed by atoms with E-state index in [9.17, 15) is 4.79 Å². The van der Waals surface area contributed by atoms with E-state index in [0.29, 0.717) is 11.8 Å². The van der Waals surface area contributed by atoms with Crippen LogP contribution in [0.5, 0.6) is 5.75 Å². The van der Waals surface area contributed by atoms with Gasteiger partial charge >= 0.3 is 0 Å². The van der Waals surface area contributed by atoms with E-state index in [1.54, 1.807) is 6.07 Å². The van der Waals surface area contributed by atoms with Crippen LogP contribution in [0.3, 0.4) is 0 Å². The van der Waals surface area contributed by atoms with Gasteiger partial charge < -0.3 is 14.5 Å². The Morgan fingerprint density at radius 1 is 1.37 bits per heavy atom. The van der Waals surface area contributed by atoms with Crippen LogP contribution in [-0.2, 0) is 0 Å². The smallest absolute Gasteiger partial charge is 0.194 e. The molecule has 1 fully saturated rings. The van der Waals surface area contributed by atoms with Crippen LogP contribution in [0.2, 0.25) is 0 Å². The molecule has 100 valence electrons. The van der Waals surface area contributed by atoms with Crippen molar-refractivity contribution in [1.29, 1.82) is 0 Å². The largest absolute Gasteiger partial charge is 0.490 e. The number of hydrogen-bond donors (Lipinski definition) is 1. The van der Waals surface area contributed by atoms with Gasteiger partial charge in [0.1, 0.15) is 17.4 Å². The molecule has 0 aliphatic heterocycles. The lowest BCUT2D eigenvalue weighted by Crippen LogP contribution is -2.45. The van der Waals surface area contributed by atoms with Gasteiger partial charge in [-0.1, -0.05) is 0 Å². The summed E-state index contributed by atoms with van der Waals surface area (Å²) in [7, 11) is 1.97. The first-order chi connectivity index (χ1) is 9.15. The highest BCUT2D eigenvalue weighted by molar-refractivity contribution is 5.96. The maximum absolute atomic E-state index is 11.3. The molecule has 0 radical (unpaired) electrons. The molecule has 0 spiro atoms. The summed E-state index contributed by atoms with van der Waals surface area (Å²) in [6.07, 6.45) is 2.37. The van der Waals surface area contributed by atoms with Crippen LogP contribution < -0.4 is 10.1 Å². The van der Waals surface area contributed by atoms with Crippen molar-refractivity contribution in [3.63, 3.8) is 0 Å². The average molecular weight is 259 g/mol. The molecule has 4 heteroatoms. The zero-order valence-electron chi connectivity index (χ0n) is 11.1. The summed E-state index contributed by atoms with van der Waals surface area (Å²) in [6, 6.07) is 8.01. The van der Waals surface area contributed by atoms with Crippen molar-refractivity contribution in [2.45, 2.75) is 31.9 Å². The fraction of sp³-hybridized carbons (Fsp3) is 0.400. The molecule has 1 heterocycles. The SMILES string of the molecule is CNC1CC(Oc2ccc3oc(C(C)=O)cc3c2)C1. The number of carbonyl (C=O) groups excluding carboxylic acids is 1. The Labute approximate surface area is 111 Å². The van der Waals surface area contributed by atoms with E-state index in [1.165, 1.54) is 6.92 Å². The maximum atomic E-state index is 11.3. The number of fused-ring (bicyclic) bond motifs is 1. The molecule has 1 aliphatic rings. The zero-order valence-corrected chi connectivity index (χ0v) is 11.1. The lowest BCUT2D eigenvalue weighted by atomic mass is 9.89. The summed E-state index contributed by atoms with van der Waals surface area (Å²) in [4.78, 5) is 11.3. The number of nitrogens with one attached hydrogen (secondary N) is 1. The first kappa shape index (κ1) is 12.2. The third kappa shape index (κ3) is 2.36. The second kappa shape index (κ2) is 4.70. The third-order valence-corrected chi connectivity index (χ3v) is 3.64. The quantitative estimate of drug-likeness (QED) is 0.858. The average Bonchev–Trinajstić information content (AvgIpc) is 2.76. The molecule has 19 heavy (non-hydrogen) atoms. The lowest BCUT2D eigenvalue weighted by molar-refractivity contribution is 0.0886. The van der Waals surface area contributed by atoms with Crippen molar-refractivity contribution in [2.24, 2.45) is 0 Å². The third-order valence-electron chi connectivity index (χ3n) is 3.64. The predicted octanol–water partition coefficient (Wildman–Crippen LogP) is 2.76. The molecule has 0 amide bonds. The second-order valence-corrected chi connectivity index (χ2v) is 5.06. The number of hydrogen-bond acceptors (Lipinski definition) is 4. The van der Waals surface area contributed by atoms with E-state index in [-0.39, 0.29) is 11.9 Å². The summed E-state index contributed by atoms with van der Waals surface area (Å²) in [5, 5.41) is 4.14. The first-order valence-electron chi connectivity index (χ1n) is 6.54. The zero-order chi connectivity index (χ0) is 13.4. The number of Topliss-reactive ketones (excluding diaryl/α,β-unsaturated/α-hetero) is 1. The molecule has 3 rings (SSSR count). The van der Waals surface area contributed by atoms with Gasteiger partial charge in [0, 0.05) is 18.4 Å². The number of benzene rings is 1. The van der Waals surface area contributed by atoms with E-state index in [0.717, 1.165) is 29.6 Å². The minimum Gasteiger partial charge on any atom is -0.490 e. The number of furan rings is 1. The number of ether oxygens (including phenoxy) is 1. The van der Waals surface area contributed by atoms with Gasteiger partial charge in [-0.25, -0.2) is 0 Å². The number of rotatable bonds is 4. The highest BCUT2D eigenvalue weighted by Crippen LogP contribution is 2.29. The molecule has 4 nitrogen and oxygen atoms in total. The van der Waals surface area contributed by atoms with Crippen molar-refractivity contribution >= 4 is 16.8 Å². The normalized spacial score (nSPS) is 22.2. The highest BCUT2D eigenvalue weighted by atomic mass is 16.5. The van der Waals surface area contributed by atoms with Crippen LogP contribution in [-0.4, -0.2) is 25.0 Å². The molecule has 0 unspecified atom stereocenters. The Bertz CT molecular complexity index is 611. The highest BCUT2D eigenvalue weighted by Gasteiger charge is 2.29. The minimum absolute atomic E-state index is 0.0606. The molecule has 0 bridgehead atoms. The van der Waals surface area contributed by atoms with Gasteiger partial charge in [-0.15, -0.1) is 0 Å². The summed E-state index contributed by atoms with van der Waals surface area (Å²) < 4.78 is 11.3. The van der Waals surface area contributed by atoms with Crippen molar-refractivity contribution in [3.8, 4) is 5.75 Å². The Balaban J connectivity index is 1.76. The molecule has 0 atom stereocenters. The molecule has 1 saturated carbocycles. The monoisotopic (exact) mass is 259 g/mol. The number of carbonyl (C=O) groups is 1. The van der Waals surface area contributed by atoms with E-state index in [1.807, 2.05) is 25.2 Å². The van der Waals surface area contributed by atoms with Gasteiger partial charge in [0.2, 0.25) is 0 Å². The van der Waals surface area contributed by atoms with Gasteiger partial charge in [-0.05, 0) is 44.2 Å². The predicted molar refractivity (Wildman–Crippen MR) is 72.7 cm³/mol. The van der Waals surface area contributed by atoms with Crippen molar-refractivity contribution in [2.75, 3.05) is 7.05 Å². The van der Waals surface area contributed by atoms with Crippen molar-refractivity contribution in [1.82, 2.24) is 5.32 Å². The Hall–Kier alpha value is -1.81. The van der Waals surface area contributed by atoms with E-state index < -0.39 is 0 Å². The fourth-order valence-electron chi connectivity index (χ4n) is 2.36. The van der Waals surface area contributed by atoms with Crippen molar-refractivity contribution in [3.05, 3.63) is 30.0 Å². The standard InChI is InChI=1S/C15H17NO3/c1-9(17)15-6-10-5-12(3-4-14(10)19-15)18-13-7-11(8-13)16-2/h3-6,11,13,16H,7-8H2,1-2H3.